The number of fused-ring (bicyclic) bond motifs is 2. The molecule has 372 valence electrons. The molecule has 0 bridgehead atoms. The molecule has 21 nitrogen and oxygen atoms in total. The molecule has 0 radical (unpaired) electrons. The zero-order chi connectivity index (χ0) is 50.1. The molecule has 4 aromatic rings. The van der Waals surface area contributed by atoms with E-state index in [1.165, 1.54) is 24.1 Å². The van der Waals surface area contributed by atoms with Crippen molar-refractivity contribution in [2.24, 2.45) is 26.1 Å². The molecule has 0 saturated carbocycles. The van der Waals surface area contributed by atoms with E-state index in [2.05, 4.69) is 38.9 Å². The predicted octanol–water partition coefficient (Wildman–Crippen LogP) is 4.61. The van der Waals surface area contributed by atoms with Gasteiger partial charge in [0.2, 0.25) is 17.7 Å². The van der Waals surface area contributed by atoms with Crippen LogP contribution in [0, 0.1) is 0 Å². The van der Waals surface area contributed by atoms with Crippen molar-refractivity contribution in [1.29, 1.82) is 0 Å². The number of hydrogen-bond donors (Lipinski definition) is 5. The fraction of sp³-hybridized carbons (Fsp3) is 0.438. The van der Waals surface area contributed by atoms with Crippen LogP contribution in [0.15, 0.2) is 53.9 Å². The highest BCUT2D eigenvalue weighted by molar-refractivity contribution is 7.81. The Bertz CT molecular complexity index is 2700. The van der Waals surface area contributed by atoms with Gasteiger partial charge in [-0.05, 0) is 62.8 Å². The predicted molar refractivity (Wildman–Crippen MR) is 261 cm³/mol. The number of carbonyl (C=O) groups excluding carboxylic acids is 8. The quantitative estimate of drug-likeness (QED) is 0.0315. The van der Waals surface area contributed by atoms with E-state index in [4.69, 9.17) is 14.2 Å². The Hall–Kier alpha value is -7.36. The van der Waals surface area contributed by atoms with E-state index in [1.807, 2.05) is 4.90 Å². The van der Waals surface area contributed by atoms with Gasteiger partial charge in [-0.1, -0.05) is 6.42 Å². The maximum atomic E-state index is 13.4. The molecule has 6 heterocycles. The van der Waals surface area contributed by atoms with Crippen molar-refractivity contribution in [3.8, 4) is 11.5 Å². The summed E-state index contributed by atoms with van der Waals surface area (Å²) >= 11 is 4.11. The number of imide groups is 1. The smallest absolute Gasteiger partial charge is 0.305 e. The maximum Gasteiger partial charge on any atom is 0.305 e. The van der Waals surface area contributed by atoms with Crippen molar-refractivity contribution in [2.45, 2.75) is 75.5 Å². The molecule has 2 unspecified atom stereocenters. The molecule has 3 aromatic heterocycles. The third-order valence-corrected chi connectivity index (χ3v) is 12.5. The number of nitrogens with one attached hydrogen (secondary N) is 4. The number of esters is 1. The van der Waals surface area contributed by atoms with Crippen molar-refractivity contribution in [3.05, 3.63) is 71.6 Å². The number of aryl methyl sites for hydroxylation is 3. The van der Waals surface area contributed by atoms with Crippen molar-refractivity contribution >= 4 is 88.9 Å². The van der Waals surface area contributed by atoms with Crippen molar-refractivity contribution in [3.63, 3.8) is 0 Å². The molecule has 1 aromatic carbocycles. The number of anilines is 3. The van der Waals surface area contributed by atoms with Crippen molar-refractivity contribution < 1.29 is 52.6 Å². The number of amides is 7. The van der Waals surface area contributed by atoms with Gasteiger partial charge < -0.3 is 54.1 Å². The summed E-state index contributed by atoms with van der Waals surface area (Å²) < 4.78 is 21.4. The van der Waals surface area contributed by atoms with E-state index >= 15 is 0 Å². The van der Waals surface area contributed by atoms with Gasteiger partial charge in [0.25, 0.3) is 23.6 Å². The van der Waals surface area contributed by atoms with Crippen LogP contribution in [0.2, 0.25) is 0 Å². The summed E-state index contributed by atoms with van der Waals surface area (Å²) in [6, 6.07) is 7.90. The van der Waals surface area contributed by atoms with Gasteiger partial charge in [0.1, 0.15) is 17.1 Å². The molecule has 70 heavy (non-hydrogen) atoms. The van der Waals surface area contributed by atoms with Crippen molar-refractivity contribution in [2.75, 3.05) is 55.9 Å². The maximum absolute atomic E-state index is 13.4. The monoisotopic (exact) mass is 982 g/mol. The average molecular weight is 983 g/mol. The highest BCUT2D eigenvalue weighted by atomic mass is 32.1. The largest absolute Gasteiger partial charge is 0.493 e. The van der Waals surface area contributed by atoms with E-state index in [-0.39, 0.29) is 97.6 Å². The molecular formula is C48H58N10O11S. The van der Waals surface area contributed by atoms with Crippen LogP contribution in [-0.2, 0) is 45.1 Å². The topological polar surface area (TPSA) is 246 Å². The number of aromatic nitrogens is 3. The summed E-state index contributed by atoms with van der Waals surface area (Å²) in [4.78, 5) is 109. The number of thiol groups is 1. The van der Waals surface area contributed by atoms with Crippen LogP contribution < -0.4 is 30.7 Å². The van der Waals surface area contributed by atoms with Crippen LogP contribution in [-0.4, -0.2) is 128 Å². The van der Waals surface area contributed by atoms with Crippen LogP contribution in [0.5, 0.6) is 11.5 Å². The molecular weight excluding hydrogens is 925 g/mol. The molecule has 7 amide bonds. The highest BCUT2D eigenvalue weighted by Gasteiger charge is 2.36. The lowest BCUT2D eigenvalue weighted by atomic mass is 10.1. The lowest BCUT2D eigenvalue weighted by Crippen LogP contribution is -2.35. The standard InChI is InChI=1S/C48H58N10O11S/c1-54-27-30(20-35(54)44(62)49-14-10-18-69-43(61)13-6-5-7-15-58-42(60)24-40(70)48(58)66)52-46(64)37-21-31(28-56(37)3)53-45(63)36-19-29(26-55(36)2)51-41(59)12-9-17-68-39-23-34-33(22-38(39)67-4)47(65)57-16-8-11-32(57)25-50-34/h19-23,25-28,32,40,70H,5-18,24H2,1-4H3,(H,49,62)(H,51,59)(H,52,64)(H,53,63). The second-order valence-electron chi connectivity index (χ2n) is 17.3. The lowest BCUT2D eigenvalue weighted by molar-refractivity contribution is -0.144. The van der Waals surface area contributed by atoms with Crippen LogP contribution >= 0.6 is 12.6 Å². The number of hydrogen-bond acceptors (Lipinski definition) is 13. The molecule has 2 atom stereocenters. The van der Waals surface area contributed by atoms with E-state index in [1.54, 1.807) is 77.8 Å². The Morgan fingerprint density at radius 2 is 1.39 bits per heavy atom. The first kappa shape index (κ1) is 50.5. The number of likely N-dealkylation sites (tertiary alicyclic amines) is 1. The normalized spacial score (nSPS) is 16.2. The summed E-state index contributed by atoms with van der Waals surface area (Å²) in [5.41, 5.74) is 2.88. The van der Waals surface area contributed by atoms with E-state index in [9.17, 15) is 38.4 Å². The van der Waals surface area contributed by atoms with Gasteiger partial charge in [0.05, 0.1) is 59.9 Å². The number of aliphatic imine (C=N–C) groups is 1. The Morgan fingerprint density at radius 1 is 0.743 bits per heavy atom. The van der Waals surface area contributed by atoms with Gasteiger partial charge in [0.15, 0.2) is 11.5 Å². The Balaban J connectivity index is 0.803. The second kappa shape index (κ2) is 22.8. The van der Waals surface area contributed by atoms with Gasteiger partial charge in [-0.2, -0.15) is 12.6 Å². The lowest BCUT2D eigenvalue weighted by Gasteiger charge is -2.20. The summed E-state index contributed by atoms with van der Waals surface area (Å²) in [7, 11) is 6.48. The molecule has 7 rings (SSSR count). The zero-order valence-electron chi connectivity index (χ0n) is 39.6. The fourth-order valence-corrected chi connectivity index (χ4v) is 8.76. The minimum Gasteiger partial charge on any atom is -0.493 e. The number of nitrogens with zero attached hydrogens (tertiary/aromatic N) is 6. The van der Waals surface area contributed by atoms with E-state index in [0.29, 0.717) is 85.0 Å². The molecule has 22 heteroatoms. The minimum atomic E-state index is -0.572. The summed E-state index contributed by atoms with van der Waals surface area (Å²) in [6.45, 7) is 1.56. The number of rotatable bonds is 22. The van der Waals surface area contributed by atoms with Crippen LogP contribution in [0.25, 0.3) is 0 Å². The fourth-order valence-electron chi connectivity index (χ4n) is 8.46. The van der Waals surface area contributed by atoms with Gasteiger partial charge in [-0.15, -0.1) is 0 Å². The Kier molecular flexibility index (Phi) is 16.5. The number of benzene rings is 1. The van der Waals surface area contributed by atoms with E-state index in [0.717, 1.165) is 12.8 Å². The molecule has 3 aliphatic rings. The molecule has 4 N–H and O–H groups in total. The van der Waals surface area contributed by atoms with Gasteiger partial charge in [-0.25, -0.2) is 0 Å². The molecule has 2 fully saturated rings. The first-order valence-electron chi connectivity index (χ1n) is 23.2. The van der Waals surface area contributed by atoms with Crippen LogP contribution in [0.1, 0.15) is 106 Å². The van der Waals surface area contributed by atoms with Crippen molar-refractivity contribution in [1.82, 2.24) is 28.8 Å². The van der Waals surface area contributed by atoms with Gasteiger partial charge >= 0.3 is 5.97 Å². The number of unbranched alkanes of at least 4 members (excludes halogenated alkanes) is 2. The Morgan fingerprint density at radius 3 is 2.01 bits per heavy atom. The first-order valence-corrected chi connectivity index (χ1v) is 23.7. The number of ether oxygens (including phenoxy) is 3. The SMILES string of the molecule is COc1cc2c(cc1OCCCC(=O)Nc1cc(C(=O)Nc3cc(C(=O)Nc4cc(C(=O)NCCCOC(=O)CCCCCN5C(=O)CC(S)C5=O)n(C)c4)n(C)c3)n(C)c1)N=CC1CCCN1C2=O. The molecule has 0 spiro atoms. The van der Waals surface area contributed by atoms with Gasteiger partial charge in [-0.3, -0.25) is 48.2 Å². The minimum absolute atomic E-state index is 0.0221. The summed E-state index contributed by atoms with van der Waals surface area (Å²) in [5.74, 6) is -1.76. The summed E-state index contributed by atoms with van der Waals surface area (Å²) in [5, 5.41) is 10.6. The first-order chi connectivity index (χ1) is 33.6. The molecule has 3 aliphatic heterocycles. The molecule has 2 saturated heterocycles. The Labute approximate surface area is 409 Å². The van der Waals surface area contributed by atoms with Crippen LogP contribution in [0.4, 0.5) is 22.7 Å². The third-order valence-electron chi connectivity index (χ3n) is 12.1. The van der Waals surface area contributed by atoms with E-state index < -0.39 is 17.1 Å². The second-order valence-corrected chi connectivity index (χ2v) is 18.0. The number of methoxy groups -OCH3 is 1. The summed E-state index contributed by atoms with van der Waals surface area (Å²) in [6.07, 6.45) is 11.4. The average Bonchev–Trinajstić information content (AvgIpc) is 4.15. The third kappa shape index (κ3) is 12.3. The zero-order valence-corrected chi connectivity index (χ0v) is 40.5. The number of carbonyl (C=O) groups is 8. The van der Waals surface area contributed by atoms with Crippen LogP contribution in [0.3, 0.4) is 0 Å². The highest BCUT2D eigenvalue weighted by Crippen LogP contribution is 2.38. The van der Waals surface area contributed by atoms with Gasteiger partial charge in [0, 0.05) is 90.9 Å². The molecule has 0 aliphatic carbocycles.